The lowest BCUT2D eigenvalue weighted by molar-refractivity contribution is -0.0303. The summed E-state index contributed by atoms with van der Waals surface area (Å²) in [6.07, 6.45) is 2.63. The number of rotatable bonds is 1. The Balaban J connectivity index is 1.79. The van der Waals surface area contributed by atoms with Crippen molar-refractivity contribution < 1.29 is 9.53 Å². The fourth-order valence-corrected chi connectivity index (χ4v) is 3.14. The van der Waals surface area contributed by atoms with Gasteiger partial charge in [0.15, 0.2) is 0 Å². The van der Waals surface area contributed by atoms with Crippen LogP contribution in [-0.4, -0.2) is 36.1 Å². The number of hydrogen-bond donors (Lipinski definition) is 1. The second-order valence-corrected chi connectivity index (χ2v) is 6.07. The summed E-state index contributed by atoms with van der Waals surface area (Å²) in [5, 5.41) is 0. The number of morpholine rings is 1. The molecule has 3 rings (SSSR count). The molecular weight excluding hydrogens is 343 g/mol. The van der Waals surface area contributed by atoms with E-state index in [-0.39, 0.29) is 18.1 Å². The van der Waals surface area contributed by atoms with Gasteiger partial charge in [0.25, 0.3) is 5.91 Å². The second-order valence-electron chi connectivity index (χ2n) is 4.90. The van der Waals surface area contributed by atoms with Crippen LogP contribution < -0.4 is 5.73 Å². The van der Waals surface area contributed by atoms with Crippen molar-refractivity contribution in [3.63, 3.8) is 0 Å². The van der Waals surface area contributed by atoms with Gasteiger partial charge in [-0.15, -0.1) is 0 Å². The van der Waals surface area contributed by atoms with Crippen LogP contribution >= 0.6 is 22.6 Å². The Morgan fingerprint density at radius 1 is 1.33 bits per heavy atom. The molecule has 2 unspecified atom stereocenters. The Kier molecular flexibility index (Phi) is 3.19. The maximum Gasteiger partial charge on any atom is 0.254 e. The average Bonchev–Trinajstić information content (AvgIpc) is 2.71. The Labute approximate surface area is 120 Å². The molecule has 1 aromatic carbocycles. The predicted molar refractivity (Wildman–Crippen MR) is 77.4 cm³/mol. The second kappa shape index (κ2) is 4.70. The predicted octanol–water partition coefficient (Wildman–Crippen LogP) is 1.88. The standard InChI is InChI=1S/C13H15IN2O2/c14-11-5-8(1-4-12(11)15)13(17)16-6-9-2-3-10(7-16)18-9/h1,4-5,9-10H,2-3,6-7,15H2. The van der Waals surface area contributed by atoms with Crippen LogP contribution in [0.3, 0.4) is 0 Å². The van der Waals surface area contributed by atoms with Crippen LogP contribution in [0.4, 0.5) is 5.69 Å². The third-order valence-corrected chi connectivity index (χ3v) is 4.51. The van der Waals surface area contributed by atoms with Crippen LogP contribution in [0, 0.1) is 3.57 Å². The maximum absolute atomic E-state index is 12.4. The van der Waals surface area contributed by atoms with Gasteiger partial charge < -0.3 is 15.4 Å². The number of anilines is 1. The van der Waals surface area contributed by atoms with E-state index in [1.165, 1.54) is 0 Å². The van der Waals surface area contributed by atoms with E-state index in [4.69, 9.17) is 10.5 Å². The number of nitrogens with zero attached hydrogens (tertiary/aromatic N) is 1. The average molecular weight is 358 g/mol. The Morgan fingerprint density at radius 2 is 2.00 bits per heavy atom. The van der Waals surface area contributed by atoms with E-state index < -0.39 is 0 Å². The van der Waals surface area contributed by atoms with E-state index in [0.29, 0.717) is 5.69 Å². The van der Waals surface area contributed by atoms with Gasteiger partial charge in [-0.3, -0.25) is 4.79 Å². The molecule has 96 valence electrons. The summed E-state index contributed by atoms with van der Waals surface area (Å²) in [6.45, 7) is 1.44. The SMILES string of the molecule is Nc1ccc(C(=O)N2CC3CCC(C2)O3)cc1I. The van der Waals surface area contributed by atoms with E-state index in [1.54, 1.807) is 12.1 Å². The number of nitrogens with two attached hydrogens (primary N) is 1. The minimum absolute atomic E-state index is 0.0908. The lowest BCUT2D eigenvalue weighted by Crippen LogP contribution is -2.45. The van der Waals surface area contributed by atoms with E-state index in [9.17, 15) is 4.79 Å². The van der Waals surface area contributed by atoms with Gasteiger partial charge in [0.2, 0.25) is 0 Å². The van der Waals surface area contributed by atoms with Gasteiger partial charge in [0.1, 0.15) is 0 Å². The summed E-state index contributed by atoms with van der Waals surface area (Å²) in [5.74, 6) is 0.0908. The molecular formula is C13H15IN2O2. The molecule has 0 aliphatic carbocycles. The molecule has 1 aromatic rings. The zero-order valence-corrected chi connectivity index (χ0v) is 12.1. The molecule has 0 saturated carbocycles. The Bertz CT molecular complexity index is 480. The first kappa shape index (κ1) is 12.2. The van der Waals surface area contributed by atoms with Crippen LogP contribution in [0.5, 0.6) is 0 Å². The van der Waals surface area contributed by atoms with Crippen LogP contribution in [0.25, 0.3) is 0 Å². The van der Waals surface area contributed by atoms with E-state index in [0.717, 1.165) is 35.1 Å². The van der Waals surface area contributed by atoms with Crippen molar-refractivity contribution in [2.45, 2.75) is 25.0 Å². The fraction of sp³-hybridized carbons (Fsp3) is 0.462. The van der Waals surface area contributed by atoms with E-state index >= 15 is 0 Å². The number of halogens is 1. The molecule has 0 aromatic heterocycles. The highest BCUT2D eigenvalue weighted by Gasteiger charge is 2.35. The molecule has 2 bridgehead atoms. The highest BCUT2D eigenvalue weighted by atomic mass is 127. The number of nitrogen functional groups attached to an aromatic ring is 1. The summed E-state index contributed by atoms with van der Waals surface area (Å²) in [5.41, 5.74) is 7.20. The van der Waals surface area contributed by atoms with Crippen molar-refractivity contribution in [2.75, 3.05) is 18.8 Å². The molecule has 2 fully saturated rings. The minimum atomic E-state index is 0.0908. The van der Waals surface area contributed by atoms with E-state index in [2.05, 4.69) is 22.6 Å². The number of carbonyl (C=O) groups is 1. The number of ether oxygens (including phenoxy) is 1. The normalized spacial score (nSPS) is 26.4. The molecule has 5 heteroatoms. The molecule has 0 spiro atoms. The van der Waals surface area contributed by atoms with Gasteiger partial charge >= 0.3 is 0 Å². The number of amides is 1. The van der Waals surface area contributed by atoms with Crippen molar-refractivity contribution in [1.29, 1.82) is 0 Å². The van der Waals surface area contributed by atoms with Gasteiger partial charge in [-0.2, -0.15) is 0 Å². The molecule has 2 saturated heterocycles. The van der Waals surface area contributed by atoms with Crippen LogP contribution in [-0.2, 0) is 4.74 Å². The number of carbonyl (C=O) groups excluding carboxylic acids is 1. The molecule has 2 aliphatic rings. The number of benzene rings is 1. The minimum Gasteiger partial charge on any atom is -0.398 e. The number of hydrogen-bond acceptors (Lipinski definition) is 3. The zero-order valence-electron chi connectivity index (χ0n) is 9.93. The summed E-state index contributed by atoms with van der Waals surface area (Å²) in [6, 6.07) is 5.46. The lowest BCUT2D eigenvalue weighted by atomic mass is 10.1. The highest BCUT2D eigenvalue weighted by Crippen LogP contribution is 2.27. The first-order valence-electron chi connectivity index (χ1n) is 6.13. The van der Waals surface area contributed by atoms with Crippen LogP contribution in [0.15, 0.2) is 18.2 Å². The van der Waals surface area contributed by atoms with Crippen molar-refractivity contribution in [3.05, 3.63) is 27.3 Å². The molecule has 0 radical (unpaired) electrons. The summed E-state index contributed by atoms with van der Waals surface area (Å²) in [7, 11) is 0. The zero-order chi connectivity index (χ0) is 12.7. The summed E-state index contributed by atoms with van der Waals surface area (Å²) >= 11 is 2.15. The first-order valence-corrected chi connectivity index (χ1v) is 7.21. The van der Waals surface area contributed by atoms with Gasteiger partial charge in [-0.05, 0) is 53.6 Å². The van der Waals surface area contributed by atoms with Crippen LogP contribution in [0.2, 0.25) is 0 Å². The summed E-state index contributed by atoms with van der Waals surface area (Å²) in [4.78, 5) is 14.3. The molecule has 1 amide bonds. The van der Waals surface area contributed by atoms with Crippen molar-refractivity contribution >= 4 is 34.2 Å². The van der Waals surface area contributed by atoms with Crippen LogP contribution in [0.1, 0.15) is 23.2 Å². The number of fused-ring (bicyclic) bond motifs is 2. The molecule has 2 atom stereocenters. The monoisotopic (exact) mass is 358 g/mol. The third-order valence-electron chi connectivity index (χ3n) is 3.58. The smallest absolute Gasteiger partial charge is 0.254 e. The Morgan fingerprint density at radius 3 is 2.61 bits per heavy atom. The highest BCUT2D eigenvalue weighted by molar-refractivity contribution is 14.1. The summed E-state index contributed by atoms with van der Waals surface area (Å²) < 4.78 is 6.67. The quantitative estimate of drug-likeness (QED) is 0.616. The van der Waals surface area contributed by atoms with Crippen molar-refractivity contribution in [1.82, 2.24) is 4.90 Å². The topological polar surface area (TPSA) is 55.6 Å². The van der Waals surface area contributed by atoms with Gasteiger partial charge in [-0.1, -0.05) is 0 Å². The van der Waals surface area contributed by atoms with E-state index in [1.807, 2.05) is 11.0 Å². The lowest BCUT2D eigenvalue weighted by Gasteiger charge is -2.32. The van der Waals surface area contributed by atoms with Gasteiger partial charge in [-0.25, -0.2) is 0 Å². The number of likely N-dealkylation sites (tertiary alicyclic amines) is 1. The molecule has 2 heterocycles. The van der Waals surface area contributed by atoms with Gasteiger partial charge in [0.05, 0.1) is 12.2 Å². The third kappa shape index (κ3) is 2.21. The Hall–Kier alpha value is -0.820. The molecule has 2 N–H and O–H groups in total. The van der Waals surface area contributed by atoms with Crippen molar-refractivity contribution in [2.24, 2.45) is 0 Å². The fourth-order valence-electron chi connectivity index (χ4n) is 2.62. The maximum atomic E-state index is 12.4. The molecule has 2 aliphatic heterocycles. The van der Waals surface area contributed by atoms with Gasteiger partial charge in [0, 0.05) is 27.9 Å². The molecule has 18 heavy (non-hydrogen) atoms. The first-order chi connectivity index (χ1) is 8.63. The molecule has 4 nitrogen and oxygen atoms in total. The van der Waals surface area contributed by atoms with Crippen molar-refractivity contribution in [3.8, 4) is 0 Å². The largest absolute Gasteiger partial charge is 0.398 e.